The van der Waals surface area contributed by atoms with Crippen molar-refractivity contribution >= 4 is 17.7 Å². The van der Waals surface area contributed by atoms with Gasteiger partial charge in [-0.1, -0.05) is 18.2 Å². The molecule has 1 N–H and O–H groups in total. The molecule has 1 atom stereocenters. The van der Waals surface area contributed by atoms with Crippen molar-refractivity contribution in [1.82, 2.24) is 15.1 Å². The van der Waals surface area contributed by atoms with Crippen molar-refractivity contribution in [2.45, 2.75) is 45.1 Å². The lowest BCUT2D eigenvalue weighted by Gasteiger charge is -2.38. The molecule has 2 aliphatic heterocycles. The molecule has 2 fully saturated rings. The molecule has 34 heavy (non-hydrogen) atoms. The van der Waals surface area contributed by atoms with Gasteiger partial charge in [0.2, 0.25) is 5.91 Å². The van der Waals surface area contributed by atoms with Crippen LogP contribution in [0.25, 0.3) is 0 Å². The Hall–Kier alpha value is -3.22. The molecular weight excluding hydrogens is 433 g/mol. The third kappa shape index (κ3) is 5.46. The van der Waals surface area contributed by atoms with Crippen LogP contribution in [-0.2, 0) is 4.79 Å². The van der Waals surface area contributed by atoms with Gasteiger partial charge in [0.1, 0.15) is 11.9 Å². The Morgan fingerprint density at radius 2 is 1.53 bits per heavy atom. The molecule has 3 amide bonds. The summed E-state index contributed by atoms with van der Waals surface area (Å²) >= 11 is 0. The number of carbonyl (C=O) groups is 3. The Morgan fingerprint density at radius 3 is 2.18 bits per heavy atom. The summed E-state index contributed by atoms with van der Waals surface area (Å²) in [5, 5.41) is 3.05. The summed E-state index contributed by atoms with van der Waals surface area (Å²) in [5.41, 5.74) is 1.89. The van der Waals surface area contributed by atoms with Gasteiger partial charge in [0.25, 0.3) is 11.8 Å². The highest BCUT2D eigenvalue weighted by Crippen LogP contribution is 2.25. The van der Waals surface area contributed by atoms with Crippen LogP contribution in [-0.4, -0.2) is 59.7 Å². The predicted molar refractivity (Wildman–Crippen MR) is 128 cm³/mol. The molecule has 0 bridgehead atoms. The maximum Gasteiger partial charge on any atom is 0.253 e. The second-order valence-electron chi connectivity index (χ2n) is 9.29. The number of nitrogens with one attached hydrogen (secondary N) is 1. The molecule has 6 nitrogen and oxygen atoms in total. The molecule has 0 unspecified atom stereocenters. The van der Waals surface area contributed by atoms with Crippen molar-refractivity contribution in [3.8, 4) is 0 Å². The zero-order valence-electron chi connectivity index (χ0n) is 19.6. The average molecular weight is 466 g/mol. The zero-order valence-corrected chi connectivity index (χ0v) is 19.6. The fourth-order valence-corrected chi connectivity index (χ4v) is 4.95. The largest absolute Gasteiger partial charge is 0.341 e. The van der Waals surface area contributed by atoms with Crippen molar-refractivity contribution in [2.75, 3.05) is 26.2 Å². The fourth-order valence-electron chi connectivity index (χ4n) is 4.95. The zero-order chi connectivity index (χ0) is 24.1. The molecule has 0 aromatic heterocycles. The summed E-state index contributed by atoms with van der Waals surface area (Å²) in [4.78, 5) is 43.1. The highest BCUT2D eigenvalue weighted by Gasteiger charge is 2.36. The molecule has 0 spiro atoms. The van der Waals surface area contributed by atoms with Gasteiger partial charge in [-0.2, -0.15) is 0 Å². The van der Waals surface area contributed by atoms with Crippen molar-refractivity contribution in [3.63, 3.8) is 0 Å². The molecule has 0 aliphatic carbocycles. The van der Waals surface area contributed by atoms with Crippen molar-refractivity contribution in [2.24, 2.45) is 5.92 Å². The second kappa shape index (κ2) is 10.8. The molecule has 0 saturated carbocycles. The van der Waals surface area contributed by atoms with Gasteiger partial charge in [0.15, 0.2) is 0 Å². The lowest BCUT2D eigenvalue weighted by Crippen LogP contribution is -2.55. The monoisotopic (exact) mass is 465 g/mol. The van der Waals surface area contributed by atoms with Gasteiger partial charge in [-0.15, -0.1) is 0 Å². The lowest BCUT2D eigenvalue weighted by atomic mass is 9.87. The standard InChI is InChI=1S/C27H32FN3O3/c1-19-7-3-4-8-23(19)25(32)29-24(27(34)30-15-5-2-6-16-30)20-13-17-31(18-14-20)26(33)21-9-11-22(28)12-10-21/h3-4,7-12,20,24H,2,5-6,13-18H2,1H3,(H,29,32)/t24-/m0/s1. The van der Waals surface area contributed by atoms with Gasteiger partial charge in [-0.25, -0.2) is 4.39 Å². The van der Waals surface area contributed by atoms with Crippen molar-refractivity contribution in [3.05, 3.63) is 71.0 Å². The summed E-state index contributed by atoms with van der Waals surface area (Å²) < 4.78 is 13.2. The highest BCUT2D eigenvalue weighted by molar-refractivity contribution is 5.99. The molecule has 4 rings (SSSR count). The van der Waals surface area contributed by atoms with E-state index >= 15 is 0 Å². The number of carbonyl (C=O) groups excluding carboxylic acids is 3. The summed E-state index contributed by atoms with van der Waals surface area (Å²) in [6.45, 7) is 4.31. The number of likely N-dealkylation sites (tertiary alicyclic amines) is 2. The van der Waals surface area contributed by atoms with Crippen LogP contribution in [0.3, 0.4) is 0 Å². The topological polar surface area (TPSA) is 69.7 Å². The molecule has 7 heteroatoms. The summed E-state index contributed by atoms with van der Waals surface area (Å²) in [7, 11) is 0. The van der Waals surface area contributed by atoms with E-state index in [1.165, 1.54) is 24.3 Å². The molecule has 2 heterocycles. The van der Waals surface area contributed by atoms with Crippen LogP contribution < -0.4 is 5.32 Å². The van der Waals surface area contributed by atoms with Crippen molar-refractivity contribution < 1.29 is 18.8 Å². The van der Waals surface area contributed by atoms with Gasteiger partial charge < -0.3 is 15.1 Å². The normalized spacial score (nSPS) is 17.8. The smallest absolute Gasteiger partial charge is 0.253 e. The predicted octanol–water partition coefficient (Wildman–Crippen LogP) is 3.80. The van der Waals surface area contributed by atoms with Crippen molar-refractivity contribution in [1.29, 1.82) is 0 Å². The van der Waals surface area contributed by atoms with Gasteiger partial charge in [0.05, 0.1) is 0 Å². The molecule has 2 saturated heterocycles. The first-order valence-corrected chi connectivity index (χ1v) is 12.1. The van der Waals surface area contributed by atoms with Crippen LogP contribution in [0.2, 0.25) is 0 Å². The van der Waals surface area contributed by atoms with Crippen LogP contribution in [0, 0.1) is 18.7 Å². The molecule has 2 aromatic rings. The minimum Gasteiger partial charge on any atom is -0.341 e. The van der Waals surface area contributed by atoms with E-state index in [1.807, 2.05) is 30.0 Å². The fraction of sp³-hybridized carbons (Fsp3) is 0.444. The molecule has 2 aromatic carbocycles. The van der Waals surface area contributed by atoms with Gasteiger partial charge >= 0.3 is 0 Å². The molecule has 0 radical (unpaired) electrons. The maximum absolute atomic E-state index is 13.5. The Kier molecular flexibility index (Phi) is 7.60. The third-order valence-electron chi connectivity index (χ3n) is 7.00. The van der Waals surface area contributed by atoms with E-state index in [-0.39, 0.29) is 29.5 Å². The number of benzene rings is 2. The van der Waals surface area contributed by atoms with E-state index < -0.39 is 6.04 Å². The highest BCUT2D eigenvalue weighted by atomic mass is 19.1. The van der Waals surface area contributed by atoms with Gasteiger partial charge in [-0.3, -0.25) is 14.4 Å². The summed E-state index contributed by atoms with van der Waals surface area (Å²) in [5.74, 6) is -0.831. The molecule has 2 aliphatic rings. The number of rotatable bonds is 5. The van der Waals surface area contributed by atoms with E-state index in [2.05, 4.69) is 5.32 Å². The van der Waals surface area contributed by atoms with E-state index in [9.17, 15) is 18.8 Å². The lowest BCUT2D eigenvalue weighted by molar-refractivity contribution is -0.136. The first kappa shape index (κ1) is 23.9. The summed E-state index contributed by atoms with van der Waals surface area (Å²) in [6.07, 6.45) is 4.31. The van der Waals surface area contributed by atoms with E-state index in [4.69, 9.17) is 0 Å². The minimum absolute atomic E-state index is 0.0232. The van der Waals surface area contributed by atoms with Crippen LogP contribution in [0.4, 0.5) is 4.39 Å². The Labute approximate surface area is 200 Å². The SMILES string of the molecule is Cc1ccccc1C(=O)N[C@H](C(=O)N1CCCCC1)C1CCN(C(=O)c2ccc(F)cc2)CC1. The maximum atomic E-state index is 13.5. The number of hydrogen-bond acceptors (Lipinski definition) is 3. The molecule has 180 valence electrons. The molecular formula is C27H32FN3O3. The van der Waals surface area contributed by atoms with Crippen LogP contribution in [0.1, 0.15) is 58.4 Å². The average Bonchev–Trinajstić information content (AvgIpc) is 2.88. The van der Waals surface area contributed by atoms with Crippen LogP contribution in [0.5, 0.6) is 0 Å². The number of halogens is 1. The van der Waals surface area contributed by atoms with E-state index in [0.717, 1.165) is 37.9 Å². The first-order valence-electron chi connectivity index (χ1n) is 12.1. The minimum atomic E-state index is -0.617. The van der Waals surface area contributed by atoms with Gasteiger partial charge in [-0.05, 0) is 80.8 Å². The number of hydrogen-bond donors (Lipinski definition) is 1. The number of nitrogens with zero attached hydrogens (tertiary/aromatic N) is 2. The van der Waals surface area contributed by atoms with Gasteiger partial charge in [0, 0.05) is 37.3 Å². The number of amides is 3. The Balaban J connectivity index is 1.47. The number of piperidine rings is 2. The van der Waals surface area contributed by atoms with Crippen LogP contribution in [0.15, 0.2) is 48.5 Å². The first-order chi connectivity index (χ1) is 16.4. The van der Waals surface area contributed by atoms with Crippen LogP contribution >= 0.6 is 0 Å². The number of aryl methyl sites for hydroxylation is 1. The Morgan fingerprint density at radius 1 is 0.882 bits per heavy atom. The quantitative estimate of drug-likeness (QED) is 0.730. The van der Waals surface area contributed by atoms with E-state index in [1.54, 1.807) is 11.0 Å². The Bertz CT molecular complexity index is 1030. The summed E-state index contributed by atoms with van der Waals surface area (Å²) in [6, 6.07) is 12.3. The second-order valence-corrected chi connectivity index (χ2v) is 9.29. The third-order valence-corrected chi connectivity index (χ3v) is 7.00. The van der Waals surface area contributed by atoms with E-state index in [0.29, 0.717) is 37.1 Å².